The molecule has 0 aromatic carbocycles. The van der Waals surface area contributed by atoms with E-state index in [9.17, 15) is 0 Å². The molecule has 16 heavy (non-hydrogen) atoms. The summed E-state index contributed by atoms with van der Waals surface area (Å²) in [4.78, 5) is 2.29. The molecule has 0 bridgehead atoms. The average Bonchev–Trinajstić information content (AvgIpc) is 2.83. The van der Waals surface area contributed by atoms with E-state index in [1.165, 1.54) is 5.56 Å². The van der Waals surface area contributed by atoms with Crippen LogP contribution in [0.15, 0.2) is 23.0 Å². The van der Waals surface area contributed by atoms with Gasteiger partial charge in [0.15, 0.2) is 0 Å². The number of hydrogen-bond acceptors (Lipinski definition) is 4. The maximum Gasteiger partial charge on any atom is 0.0950 e. The third-order valence-electron chi connectivity index (χ3n) is 3.18. The summed E-state index contributed by atoms with van der Waals surface area (Å²) in [6, 6.07) is 2.38. The van der Waals surface area contributed by atoms with E-state index in [1.54, 1.807) is 12.5 Å². The van der Waals surface area contributed by atoms with Gasteiger partial charge in [0.25, 0.3) is 0 Å². The zero-order valence-corrected chi connectivity index (χ0v) is 9.98. The molecule has 1 N–H and O–H groups in total. The summed E-state index contributed by atoms with van der Waals surface area (Å²) < 4.78 is 10.8. The third-order valence-corrected chi connectivity index (χ3v) is 3.18. The molecule has 1 aliphatic heterocycles. The number of rotatable bonds is 4. The highest BCUT2D eigenvalue weighted by molar-refractivity contribution is 5.10. The molecule has 4 heteroatoms. The fourth-order valence-corrected chi connectivity index (χ4v) is 1.98. The highest BCUT2D eigenvalue weighted by atomic mass is 16.5. The Hall–Kier alpha value is -0.840. The van der Waals surface area contributed by atoms with Crippen molar-refractivity contribution in [2.24, 2.45) is 0 Å². The second-order valence-corrected chi connectivity index (χ2v) is 4.37. The molecule has 0 aliphatic carbocycles. The Kier molecular flexibility index (Phi) is 3.98. The van der Waals surface area contributed by atoms with Crippen molar-refractivity contribution in [3.05, 3.63) is 24.2 Å². The smallest absolute Gasteiger partial charge is 0.0950 e. The Morgan fingerprint density at radius 3 is 3.12 bits per heavy atom. The molecule has 1 saturated heterocycles. The summed E-state index contributed by atoms with van der Waals surface area (Å²) in [5, 5.41) is 3.34. The van der Waals surface area contributed by atoms with Gasteiger partial charge in [-0.2, -0.15) is 0 Å². The number of furan rings is 1. The summed E-state index contributed by atoms with van der Waals surface area (Å²) in [5.41, 5.74) is 1.21. The van der Waals surface area contributed by atoms with Crippen LogP contribution in [-0.2, 0) is 4.74 Å². The van der Waals surface area contributed by atoms with Crippen molar-refractivity contribution in [3.8, 4) is 0 Å². The number of nitrogens with zero attached hydrogens (tertiary/aromatic N) is 1. The van der Waals surface area contributed by atoms with E-state index >= 15 is 0 Å². The van der Waals surface area contributed by atoms with Crippen LogP contribution in [0.4, 0.5) is 0 Å². The maximum absolute atomic E-state index is 5.69. The lowest BCUT2D eigenvalue weighted by Gasteiger charge is -2.31. The number of morpholine rings is 1. The van der Waals surface area contributed by atoms with E-state index in [0.29, 0.717) is 12.1 Å². The van der Waals surface area contributed by atoms with Gasteiger partial charge < -0.3 is 14.5 Å². The average molecular weight is 224 g/mol. The largest absolute Gasteiger partial charge is 0.472 e. The summed E-state index contributed by atoms with van der Waals surface area (Å²) in [7, 11) is 2.12. The highest BCUT2D eigenvalue weighted by Gasteiger charge is 2.19. The van der Waals surface area contributed by atoms with Gasteiger partial charge in [-0.05, 0) is 20.0 Å². The van der Waals surface area contributed by atoms with Crippen LogP contribution in [0.2, 0.25) is 0 Å². The van der Waals surface area contributed by atoms with Crippen molar-refractivity contribution in [2.45, 2.75) is 19.1 Å². The van der Waals surface area contributed by atoms with E-state index in [0.717, 1.165) is 26.2 Å². The van der Waals surface area contributed by atoms with Gasteiger partial charge in [0.1, 0.15) is 0 Å². The van der Waals surface area contributed by atoms with Crippen molar-refractivity contribution >= 4 is 0 Å². The molecule has 1 aromatic heterocycles. The molecule has 90 valence electrons. The standard InChI is InChI=1S/C12H20N2O2/c1-10(11-3-5-15-9-11)14(2)8-12-7-13-4-6-16-12/h3,5,9-10,12-13H,4,6-8H2,1-2H3. The first-order valence-electron chi connectivity index (χ1n) is 5.82. The SMILES string of the molecule is CC(c1ccoc1)N(C)CC1CNCCO1. The topological polar surface area (TPSA) is 37.6 Å². The minimum Gasteiger partial charge on any atom is -0.472 e. The van der Waals surface area contributed by atoms with E-state index < -0.39 is 0 Å². The van der Waals surface area contributed by atoms with Gasteiger partial charge >= 0.3 is 0 Å². The van der Waals surface area contributed by atoms with E-state index in [1.807, 2.05) is 6.07 Å². The zero-order chi connectivity index (χ0) is 11.4. The van der Waals surface area contributed by atoms with E-state index in [4.69, 9.17) is 9.15 Å². The van der Waals surface area contributed by atoms with Crippen molar-refractivity contribution < 1.29 is 9.15 Å². The van der Waals surface area contributed by atoms with Crippen molar-refractivity contribution in [3.63, 3.8) is 0 Å². The van der Waals surface area contributed by atoms with Gasteiger partial charge in [0.05, 0.1) is 25.2 Å². The molecular formula is C12H20N2O2. The summed E-state index contributed by atoms with van der Waals surface area (Å²) in [5.74, 6) is 0. The van der Waals surface area contributed by atoms with Gasteiger partial charge in [0, 0.05) is 31.2 Å². The van der Waals surface area contributed by atoms with Crippen LogP contribution in [0.1, 0.15) is 18.5 Å². The Balaban J connectivity index is 1.84. The zero-order valence-electron chi connectivity index (χ0n) is 9.98. The van der Waals surface area contributed by atoms with Gasteiger partial charge in [-0.3, -0.25) is 4.90 Å². The van der Waals surface area contributed by atoms with Gasteiger partial charge in [-0.25, -0.2) is 0 Å². The molecule has 1 aliphatic rings. The maximum atomic E-state index is 5.69. The predicted molar refractivity (Wildman–Crippen MR) is 62.4 cm³/mol. The van der Waals surface area contributed by atoms with Crippen LogP contribution in [0.25, 0.3) is 0 Å². The second-order valence-electron chi connectivity index (χ2n) is 4.37. The normalized spacial score (nSPS) is 23.6. The predicted octanol–water partition coefficient (Wildman–Crippen LogP) is 1.26. The van der Waals surface area contributed by atoms with Crippen molar-refractivity contribution in [1.82, 2.24) is 10.2 Å². The van der Waals surface area contributed by atoms with Gasteiger partial charge in [-0.15, -0.1) is 0 Å². The van der Waals surface area contributed by atoms with Crippen molar-refractivity contribution in [1.29, 1.82) is 0 Å². The van der Waals surface area contributed by atoms with Crippen LogP contribution >= 0.6 is 0 Å². The molecule has 0 radical (unpaired) electrons. The monoisotopic (exact) mass is 224 g/mol. The molecule has 2 rings (SSSR count). The molecule has 2 unspecified atom stereocenters. The second kappa shape index (κ2) is 5.48. The van der Waals surface area contributed by atoms with Crippen LogP contribution < -0.4 is 5.32 Å². The van der Waals surface area contributed by atoms with Crippen LogP contribution in [0.5, 0.6) is 0 Å². The Labute approximate surface area is 96.6 Å². The fourth-order valence-electron chi connectivity index (χ4n) is 1.98. The minimum absolute atomic E-state index is 0.299. The molecule has 2 heterocycles. The first kappa shape index (κ1) is 11.6. The minimum atomic E-state index is 0.299. The number of hydrogen-bond donors (Lipinski definition) is 1. The number of ether oxygens (including phenoxy) is 1. The number of likely N-dealkylation sites (N-methyl/N-ethyl adjacent to an activating group) is 1. The van der Waals surface area contributed by atoms with E-state index in [-0.39, 0.29) is 0 Å². The van der Waals surface area contributed by atoms with Crippen LogP contribution in [0, 0.1) is 0 Å². The summed E-state index contributed by atoms with van der Waals surface area (Å²) in [6.07, 6.45) is 3.83. The quantitative estimate of drug-likeness (QED) is 0.835. The molecule has 2 atom stereocenters. The lowest BCUT2D eigenvalue weighted by molar-refractivity contribution is 0.00389. The lowest BCUT2D eigenvalue weighted by Crippen LogP contribution is -2.44. The first-order valence-corrected chi connectivity index (χ1v) is 5.82. The Morgan fingerprint density at radius 2 is 2.50 bits per heavy atom. The van der Waals surface area contributed by atoms with Gasteiger partial charge in [-0.1, -0.05) is 0 Å². The molecule has 4 nitrogen and oxygen atoms in total. The van der Waals surface area contributed by atoms with Gasteiger partial charge in [0.2, 0.25) is 0 Å². The lowest BCUT2D eigenvalue weighted by atomic mass is 10.1. The Bertz CT molecular complexity index is 294. The molecule has 1 aromatic rings. The fraction of sp³-hybridized carbons (Fsp3) is 0.667. The third kappa shape index (κ3) is 2.84. The summed E-state index contributed by atoms with van der Waals surface area (Å²) >= 11 is 0. The van der Waals surface area contributed by atoms with Crippen LogP contribution in [0.3, 0.4) is 0 Å². The Morgan fingerprint density at radius 1 is 1.62 bits per heavy atom. The number of nitrogens with one attached hydrogen (secondary N) is 1. The van der Waals surface area contributed by atoms with E-state index in [2.05, 4.69) is 24.2 Å². The molecular weight excluding hydrogens is 204 g/mol. The molecule has 0 saturated carbocycles. The highest BCUT2D eigenvalue weighted by Crippen LogP contribution is 2.19. The first-order chi connectivity index (χ1) is 7.77. The van der Waals surface area contributed by atoms with Crippen molar-refractivity contribution in [2.75, 3.05) is 33.3 Å². The summed E-state index contributed by atoms with van der Waals surface area (Å²) in [6.45, 7) is 5.86. The molecule has 0 amide bonds. The molecule has 0 spiro atoms. The van der Waals surface area contributed by atoms with Crippen LogP contribution in [-0.4, -0.2) is 44.3 Å². The molecule has 1 fully saturated rings.